The highest BCUT2D eigenvalue weighted by Crippen LogP contribution is 2.32. The summed E-state index contributed by atoms with van der Waals surface area (Å²) in [4.78, 5) is 31.6. The number of ether oxygens (including phenoxy) is 1. The van der Waals surface area contributed by atoms with Crippen molar-refractivity contribution in [1.82, 2.24) is 14.4 Å². The van der Waals surface area contributed by atoms with Crippen molar-refractivity contribution >= 4 is 45.8 Å². The molecule has 1 fully saturated rings. The summed E-state index contributed by atoms with van der Waals surface area (Å²) in [7, 11) is 0. The Morgan fingerprint density at radius 2 is 1.67 bits per heavy atom. The van der Waals surface area contributed by atoms with Crippen LogP contribution in [0.15, 0.2) is 53.3 Å². The van der Waals surface area contributed by atoms with Crippen molar-refractivity contribution in [3.8, 4) is 5.75 Å². The average molecular weight is 578 g/mol. The number of aliphatic hydroxyl groups is 2. The van der Waals surface area contributed by atoms with Gasteiger partial charge in [-0.2, -0.15) is 0 Å². The Bertz CT molecular complexity index is 1320. The van der Waals surface area contributed by atoms with E-state index in [-0.39, 0.29) is 26.3 Å². The van der Waals surface area contributed by atoms with Crippen molar-refractivity contribution in [3.63, 3.8) is 0 Å². The minimum Gasteiger partial charge on any atom is -0.494 e. The van der Waals surface area contributed by atoms with Crippen molar-refractivity contribution in [2.24, 2.45) is 0 Å². The Morgan fingerprint density at radius 1 is 0.949 bits per heavy atom. The molecular formula is C28H34Cl2N4O5. The van der Waals surface area contributed by atoms with Gasteiger partial charge in [-0.05, 0) is 55.1 Å². The van der Waals surface area contributed by atoms with Crippen LogP contribution in [0.4, 0.5) is 10.5 Å². The lowest BCUT2D eigenvalue weighted by Crippen LogP contribution is -2.46. The smallest absolute Gasteiger partial charge is 0.331 e. The zero-order valence-electron chi connectivity index (χ0n) is 21.8. The number of benzene rings is 2. The molecule has 0 saturated carbocycles. The highest BCUT2D eigenvalue weighted by atomic mass is 35.5. The van der Waals surface area contributed by atoms with E-state index in [0.29, 0.717) is 33.3 Å². The minimum absolute atomic E-state index is 0.0157. The summed E-state index contributed by atoms with van der Waals surface area (Å²) in [6.45, 7) is 4.64. The monoisotopic (exact) mass is 576 g/mol. The van der Waals surface area contributed by atoms with Crippen LogP contribution in [0, 0.1) is 0 Å². The number of aromatic nitrogens is 1. The van der Waals surface area contributed by atoms with Gasteiger partial charge in [-0.15, -0.1) is 0 Å². The van der Waals surface area contributed by atoms with Crippen molar-refractivity contribution in [2.75, 3.05) is 70.5 Å². The lowest BCUT2D eigenvalue weighted by Gasteiger charge is -2.36. The van der Waals surface area contributed by atoms with Gasteiger partial charge in [0.1, 0.15) is 5.75 Å². The van der Waals surface area contributed by atoms with Gasteiger partial charge in [0.15, 0.2) is 0 Å². The summed E-state index contributed by atoms with van der Waals surface area (Å²) < 4.78 is 7.02. The number of aliphatic hydroxyl groups excluding tert-OH is 2. The molecule has 3 aromatic rings. The number of anilines is 1. The fraction of sp³-hybridized carbons (Fsp3) is 0.429. The van der Waals surface area contributed by atoms with E-state index in [9.17, 15) is 19.8 Å². The maximum atomic E-state index is 13.1. The molecule has 1 amide bonds. The summed E-state index contributed by atoms with van der Waals surface area (Å²) in [6.07, 6.45) is 1.84. The molecule has 0 unspecified atom stereocenters. The van der Waals surface area contributed by atoms with Crippen LogP contribution in [0.5, 0.6) is 5.75 Å². The lowest BCUT2D eigenvalue weighted by molar-refractivity contribution is 0.159. The average Bonchev–Trinajstić information content (AvgIpc) is 2.94. The van der Waals surface area contributed by atoms with E-state index in [1.807, 2.05) is 24.3 Å². The Labute approximate surface area is 237 Å². The number of halogens is 2. The first-order chi connectivity index (χ1) is 18.9. The second-order valence-electron chi connectivity index (χ2n) is 9.40. The van der Waals surface area contributed by atoms with E-state index in [1.54, 1.807) is 18.2 Å². The molecule has 4 rings (SSSR count). The van der Waals surface area contributed by atoms with Crippen LogP contribution in [-0.4, -0.2) is 96.2 Å². The number of hydrogen-bond donors (Lipinski definition) is 2. The van der Waals surface area contributed by atoms with Gasteiger partial charge >= 0.3 is 6.03 Å². The molecule has 39 heavy (non-hydrogen) atoms. The second kappa shape index (κ2) is 14.0. The van der Waals surface area contributed by atoms with E-state index >= 15 is 0 Å². The Kier molecular flexibility index (Phi) is 10.5. The quantitative estimate of drug-likeness (QED) is 0.337. The molecule has 2 N–H and O–H groups in total. The number of unbranched alkanes of at least 4 members (excludes halogenated alkanes) is 1. The Hall–Kier alpha value is -2.82. The minimum atomic E-state index is -0.594. The normalized spacial score (nSPS) is 14.1. The molecule has 0 atom stereocenters. The molecule has 210 valence electrons. The number of pyridine rings is 1. The van der Waals surface area contributed by atoms with Gasteiger partial charge in [-0.25, -0.2) is 9.36 Å². The predicted octanol–water partition coefficient (Wildman–Crippen LogP) is 3.54. The summed E-state index contributed by atoms with van der Waals surface area (Å²) in [6, 6.07) is 13.4. The maximum absolute atomic E-state index is 13.1. The predicted molar refractivity (Wildman–Crippen MR) is 155 cm³/mol. The van der Waals surface area contributed by atoms with Crippen LogP contribution in [0.3, 0.4) is 0 Å². The third-order valence-corrected chi connectivity index (χ3v) is 7.66. The number of fused-ring (bicyclic) bond motifs is 1. The fourth-order valence-corrected chi connectivity index (χ4v) is 5.18. The van der Waals surface area contributed by atoms with E-state index < -0.39 is 11.6 Å². The van der Waals surface area contributed by atoms with Crippen molar-refractivity contribution in [1.29, 1.82) is 0 Å². The van der Waals surface area contributed by atoms with Crippen LogP contribution in [0.1, 0.15) is 12.8 Å². The van der Waals surface area contributed by atoms with Gasteiger partial charge < -0.3 is 24.7 Å². The van der Waals surface area contributed by atoms with Crippen LogP contribution in [-0.2, 0) is 0 Å². The van der Waals surface area contributed by atoms with Gasteiger partial charge in [0.25, 0.3) is 5.56 Å². The lowest BCUT2D eigenvalue weighted by atomic mass is 10.2. The summed E-state index contributed by atoms with van der Waals surface area (Å²) >= 11 is 12.5. The SMILES string of the molecule is O=C(N(CCO)CCO)n1c(=O)ccc2ccc(OCCCCN3CCN(c4cccc(Cl)c4Cl)CC3)cc21. The number of carbonyl (C=O) groups is 1. The van der Waals surface area contributed by atoms with E-state index in [1.165, 1.54) is 11.0 Å². The first-order valence-electron chi connectivity index (χ1n) is 13.1. The molecule has 9 nitrogen and oxygen atoms in total. The highest BCUT2D eigenvalue weighted by molar-refractivity contribution is 6.43. The first kappa shape index (κ1) is 29.2. The zero-order valence-corrected chi connectivity index (χ0v) is 23.3. The van der Waals surface area contributed by atoms with Crippen molar-refractivity contribution in [3.05, 3.63) is 68.9 Å². The number of amides is 1. The number of rotatable bonds is 11. The standard InChI is InChI=1S/C28H34Cl2N4O5/c29-23-4-3-5-24(27(23)30)32-13-11-31(12-14-32)10-1-2-19-39-22-8-6-21-7-9-26(37)34(25(21)20-22)28(38)33(15-17-35)16-18-36/h3-9,20,35-36H,1-2,10-19H2. The van der Waals surface area contributed by atoms with Gasteiger partial charge in [0, 0.05) is 51.4 Å². The molecule has 1 aromatic heterocycles. The Morgan fingerprint density at radius 3 is 2.38 bits per heavy atom. The molecule has 1 aliphatic heterocycles. The molecule has 2 heterocycles. The number of hydrogen-bond acceptors (Lipinski definition) is 7. The molecule has 1 aliphatic rings. The summed E-state index contributed by atoms with van der Waals surface area (Å²) in [5.41, 5.74) is 0.918. The Balaban J connectivity index is 1.29. The molecular weight excluding hydrogens is 543 g/mol. The zero-order chi connectivity index (χ0) is 27.8. The second-order valence-corrected chi connectivity index (χ2v) is 10.2. The van der Waals surface area contributed by atoms with Crippen molar-refractivity contribution < 1.29 is 19.7 Å². The number of piperazine rings is 1. The van der Waals surface area contributed by atoms with Gasteiger partial charge in [-0.1, -0.05) is 29.3 Å². The van der Waals surface area contributed by atoms with Gasteiger partial charge in [0.05, 0.1) is 41.1 Å². The van der Waals surface area contributed by atoms with E-state index in [2.05, 4.69) is 9.80 Å². The van der Waals surface area contributed by atoms with Crippen LogP contribution >= 0.6 is 23.2 Å². The summed E-state index contributed by atoms with van der Waals surface area (Å²) in [5, 5.41) is 20.5. The third kappa shape index (κ3) is 7.23. The number of carbonyl (C=O) groups excluding carboxylic acids is 1. The van der Waals surface area contributed by atoms with Gasteiger partial charge in [-0.3, -0.25) is 9.69 Å². The molecule has 11 heteroatoms. The van der Waals surface area contributed by atoms with Crippen molar-refractivity contribution in [2.45, 2.75) is 12.8 Å². The van der Waals surface area contributed by atoms with Crippen LogP contribution < -0.4 is 15.2 Å². The van der Waals surface area contributed by atoms with Gasteiger partial charge in [0.2, 0.25) is 0 Å². The van der Waals surface area contributed by atoms with E-state index in [0.717, 1.165) is 55.8 Å². The first-order valence-corrected chi connectivity index (χ1v) is 13.9. The molecule has 2 aromatic carbocycles. The van der Waals surface area contributed by atoms with Crippen LogP contribution in [0.25, 0.3) is 10.9 Å². The largest absolute Gasteiger partial charge is 0.494 e. The molecule has 1 saturated heterocycles. The molecule has 0 spiro atoms. The highest BCUT2D eigenvalue weighted by Gasteiger charge is 2.20. The van der Waals surface area contributed by atoms with Crippen LogP contribution in [0.2, 0.25) is 10.0 Å². The number of nitrogens with zero attached hydrogens (tertiary/aromatic N) is 4. The summed E-state index contributed by atoms with van der Waals surface area (Å²) in [5.74, 6) is 0.567. The third-order valence-electron chi connectivity index (χ3n) is 6.85. The fourth-order valence-electron chi connectivity index (χ4n) is 4.76. The topological polar surface area (TPSA) is 98.5 Å². The molecule has 0 radical (unpaired) electrons. The maximum Gasteiger partial charge on any atom is 0.331 e. The molecule has 0 bridgehead atoms. The molecule has 0 aliphatic carbocycles. The van der Waals surface area contributed by atoms with E-state index in [4.69, 9.17) is 27.9 Å².